The molecule has 0 atom stereocenters. The van der Waals surface area contributed by atoms with Gasteiger partial charge in [0, 0.05) is 34.7 Å². The molecule has 2 aromatic heterocycles. The molecule has 0 amide bonds. The molecule has 0 saturated heterocycles. The van der Waals surface area contributed by atoms with Crippen molar-refractivity contribution in [1.29, 1.82) is 0 Å². The molecule has 2 aliphatic heterocycles. The molecule has 5 rings (SSSR count). The van der Waals surface area contributed by atoms with Gasteiger partial charge in [-0.1, -0.05) is 0 Å². The molecular weight excluding hydrogens is 370 g/mol. The number of pyridine rings is 2. The zero-order valence-electron chi connectivity index (χ0n) is 16.8. The lowest BCUT2D eigenvalue weighted by Gasteiger charge is -2.16. The lowest BCUT2D eigenvalue weighted by Crippen LogP contribution is -2.24. The van der Waals surface area contributed by atoms with E-state index < -0.39 is 0 Å². The number of aromatic nitrogens is 2. The molecule has 1 aromatic carbocycles. The van der Waals surface area contributed by atoms with Crippen molar-refractivity contribution in [2.24, 2.45) is 0 Å². The summed E-state index contributed by atoms with van der Waals surface area (Å²) in [5, 5.41) is 0.992. The van der Waals surface area contributed by atoms with Crippen molar-refractivity contribution in [2.45, 2.75) is 26.9 Å². The SMILES string of the molecule is CC(=O)c1cc2n(c(=O)c1C)Cc1c-2nc2cc3c(cc2c1CN(C)C)OCO3. The van der Waals surface area contributed by atoms with Crippen LogP contribution in [0.3, 0.4) is 0 Å². The predicted molar refractivity (Wildman–Crippen MR) is 109 cm³/mol. The zero-order chi connectivity index (χ0) is 20.4. The summed E-state index contributed by atoms with van der Waals surface area (Å²) in [6.45, 7) is 4.54. The molecular formula is C22H21N3O4. The van der Waals surface area contributed by atoms with Crippen LogP contribution in [0.25, 0.3) is 22.3 Å². The Kier molecular flexibility index (Phi) is 3.79. The van der Waals surface area contributed by atoms with Crippen molar-refractivity contribution in [1.82, 2.24) is 14.5 Å². The van der Waals surface area contributed by atoms with Gasteiger partial charge in [-0.25, -0.2) is 4.98 Å². The number of benzene rings is 1. The lowest BCUT2D eigenvalue weighted by atomic mass is 9.99. The van der Waals surface area contributed by atoms with Crippen LogP contribution in [-0.4, -0.2) is 41.1 Å². The molecule has 2 aliphatic rings. The Morgan fingerprint density at radius 1 is 1.21 bits per heavy atom. The largest absolute Gasteiger partial charge is 0.454 e. The Balaban J connectivity index is 1.84. The number of ether oxygens (including phenoxy) is 2. The van der Waals surface area contributed by atoms with Gasteiger partial charge in [-0.05, 0) is 45.6 Å². The fourth-order valence-corrected chi connectivity index (χ4v) is 4.26. The number of ketones is 1. The minimum absolute atomic E-state index is 0.117. The summed E-state index contributed by atoms with van der Waals surface area (Å²) in [5.74, 6) is 1.26. The van der Waals surface area contributed by atoms with Crippen LogP contribution in [0, 0.1) is 6.92 Å². The number of Topliss-reactive ketones (excluding diaryl/α,β-unsaturated/α-hetero) is 1. The van der Waals surface area contributed by atoms with Gasteiger partial charge < -0.3 is 18.9 Å². The van der Waals surface area contributed by atoms with E-state index in [1.807, 2.05) is 26.2 Å². The molecule has 0 unspecified atom stereocenters. The molecule has 7 heteroatoms. The standard InChI is InChI=1S/C22H21N3O4/c1-11-13(12(2)26)5-18-21-16(9-25(18)22(11)27)15(8-24(3)4)14-6-19-20(29-10-28-19)7-17(14)23-21/h5-7H,8-10H2,1-4H3. The minimum atomic E-state index is -0.139. The molecule has 3 aromatic rings. The van der Waals surface area contributed by atoms with Gasteiger partial charge in [0.15, 0.2) is 17.3 Å². The average molecular weight is 391 g/mol. The maximum absolute atomic E-state index is 13.0. The summed E-state index contributed by atoms with van der Waals surface area (Å²) in [7, 11) is 4.02. The highest BCUT2D eigenvalue weighted by Crippen LogP contribution is 2.41. The Labute approximate surface area is 167 Å². The number of rotatable bonds is 3. The van der Waals surface area contributed by atoms with Gasteiger partial charge in [0.25, 0.3) is 5.56 Å². The van der Waals surface area contributed by atoms with Crippen molar-refractivity contribution in [3.05, 3.63) is 50.8 Å². The van der Waals surface area contributed by atoms with E-state index in [1.54, 1.807) is 17.6 Å². The van der Waals surface area contributed by atoms with Crippen LogP contribution in [0.1, 0.15) is 34.0 Å². The summed E-state index contributed by atoms with van der Waals surface area (Å²) in [6, 6.07) is 5.66. The minimum Gasteiger partial charge on any atom is -0.454 e. The molecule has 0 saturated carbocycles. The maximum Gasteiger partial charge on any atom is 0.255 e. The smallest absolute Gasteiger partial charge is 0.255 e. The number of carbonyl (C=O) groups excluding carboxylic acids is 1. The normalized spacial score (nSPS) is 13.8. The first-order valence-electron chi connectivity index (χ1n) is 9.50. The first-order chi connectivity index (χ1) is 13.8. The number of hydrogen-bond donors (Lipinski definition) is 0. The highest BCUT2D eigenvalue weighted by atomic mass is 16.7. The van der Waals surface area contributed by atoms with Crippen LogP contribution in [0.2, 0.25) is 0 Å². The van der Waals surface area contributed by atoms with E-state index in [1.165, 1.54) is 6.92 Å². The van der Waals surface area contributed by atoms with Gasteiger partial charge >= 0.3 is 0 Å². The molecule has 29 heavy (non-hydrogen) atoms. The highest BCUT2D eigenvalue weighted by molar-refractivity contribution is 5.97. The van der Waals surface area contributed by atoms with Gasteiger partial charge in [0.2, 0.25) is 6.79 Å². The van der Waals surface area contributed by atoms with E-state index in [0.29, 0.717) is 41.4 Å². The van der Waals surface area contributed by atoms with Crippen molar-refractivity contribution in [3.63, 3.8) is 0 Å². The summed E-state index contributed by atoms with van der Waals surface area (Å²) < 4.78 is 12.8. The van der Waals surface area contributed by atoms with E-state index >= 15 is 0 Å². The Morgan fingerprint density at radius 3 is 2.62 bits per heavy atom. The lowest BCUT2D eigenvalue weighted by molar-refractivity contribution is 0.101. The number of hydrogen-bond acceptors (Lipinski definition) is 6. The van der Waals surface area contributed by atoms with Crippen molar-refractivity contribution < 1.29 is 14.3 Å². The van der Waals surface area contributed by atoms with Crippen molar-refractivity contribution in [3.8, 4) is 22.9 Å². The van der Waals surface area contributed by atoms with Crippen LogP contribution < -0.4 is 15.0 Å². The Hall–Kier alpha value is -3.19. The molecule has 148 valence electrons. The van der Waals surface area contributed by atoms with Gasteiger partial charge in [-0.3, -0.25) is 9.59 Å². The zero-order valence-corrected chi connectivity index (χ0v) is 16.8. The topological polar surface area (TPSA) is 73.7 Å². The molecule has 7 nitrogen and oxygen atoms in total. The summed E-state index contributed by atoms with van der Waals surface area (Å²) in [5.41, 5.74) is 5.16. The second kappa shape index (κ2) is 6.15. The number of carbonyl (C=O) groups is 1. The van der Waals surface area contributed by atoms with Crippen LogP contribution in [0.5, 0.6) is 11.5 Å². The van der Waals surface area contributed by atoms with Crippen molar-refractivity contribution >= 4 is 16.7 Å². The van der Waals surface area contributed by atoms with Gasteiger partial charge in [0.05, 0.1) is 23.4 Å². The molecule has 0 radical (unpaired) electrons. The average Bonchev–Trinajstić information content (AvgIpc) is 3.26. The fraction of sp³-hybridized carbons (Fsp3) is 0.318. The highest BCUT2D eigenvalue weighted by Gasteiger charge is 2.29. The van der Waals surface area contributed by atoms with Crippen LogP contribution in [0.4, 0.5) is 0 Å². The van der Waals surface area contributed by atoms with E-state index in [-0.39, 0.29) is 18.1 Å². The second-order valence-electron chi connectivity index (χ2n) is 7.89. The quantitative estimate of drug-likeness (QED) is 0.500. The van der Waals surface area contributed by atoms with Crippen LogP contribution >= 0.6 is 0 Å². The fourth-order valence-electron chi connectivity index (χ4n) is 4.26. The first-order valence-corrected chi connectivity index (χ1v) is 9.50. The molecule has 0 spiro atoms. The van der Waals surface area contributed by atoms with Gasteiger partial charge in [-0.2, -0.15) is 0 Å². The van der Waals surface area contributed by atoms with Gasteiger partial charge in [0.1, 0.15) is 0 Å². The van der Waals surface area contributed by atoms with Gasteiger partial charge in [-0.15, -0.1) is 0 Å². The third-order valence-electron chi connectivity index (χ3n) is 5.65. The maximum atomic E-state index is 13.0. The van der Waals surface area contributed by atoms with E-state index in [9.17, 15) is 9.59 Å². The number of fused-ring (bicyclic) bond motifs is 5. The Morgan fingerprint density at radius 2 is 1.93 bits per heavy atom. The summed E-state index contributed by atoms with van der Waals surface area (Å²) >= 11 is 0. The third-order valence-corrected chi connectivity index (χ3v) is 5.65. The number of nitrogens with zero attached hydrogens (tertiary/aromatic N) is 3. The molecule has 4 heterocycles. The predicted octanol–water partition coefficient (Wildman–Crippen LogP) is 2.73. The molecule has 0 N–H and O–H groups in total. The second-order valence-corrected chi connectivity index (χ2v) is 7.89. The molecule has 0 fully saturated rings. The first kappa shape index (κ1) is 17.9. The van der Waals surface area contributed by atoms with Crippen LogP contribution in [-0.2, 0) is 13.1 Å². The monoisotopic (exact) mass is 391 g/mol. The van der Waals surface area contributed by atoms with Crippen molar-refractivity contribution in [2.75, 3.05) is 20.9 Å². The van der Waals surface area contributed by atoms with E-state index in [2.05, 4.69) is 4.90 Å². The Bertz CT molecular complexity index is 1270. The molecule has 0 bridgehead atoms. The molecule has 0 aliphatic carbocycles. The third kappa shape index (κ3) is 2.57. The summed E-state index contributed by atoms with van der Waals surface area (Å²) in [4.78, 5) is 32.0. The van der Waals surface area contributed by atoms with E-state index in [0.717, 1.165) is 27.7 Å². The summed E-state index contributed by atoms with van der Waals surface area (Å²) in [6.07, 6.45) is 0. The van der Waals surface area contributed by atoms with Crippen LogP contribution in [0.15, 0.2) is 23.0 Å². The van der Waals surface area contributed by atoms with E-state index in [4.69, 9.17) is 14.5 Å².